The molecule has 28 heavy (non-hydrogen) atoms. The second-order valence-corrected chi connectivity index (χ2v) is 6.77. The van der Waals surface area contributed by atoms with Crippen LogP contribution in [0.4, 0.5) is 10.1 Å². The standard InChI is InChI=1S/C16H21FN4O.C4H4O2/c1-8-9(2)20-14-11(16(19)22)6-12(17)15(13(8)14)21-5-3-4-10(18)7-21;1-2-3-4(5)6/h6,10,20H,3-5,7,18H2,1-2H3,(H2,19,22);1H3,(H,5,6)/t10-;/m0./s1. The number of carbonyl (C=O) groups is 2. The van der Waals surface area contributed by atoms with Crippen molar-refractivity contribution in [2.75, 3.05) is 18.0 Å². The van der Waals surface area contributed by atoms with Crippen LogP contribution in [0.5, 0.6) is 0 Å². The summed E-state index contributed by atoms with van der Waals surface area (Å²) in [7, 11) is 0. The van der Waals surface area contributed by atoms with Crippen molar-refractivity contribution in [3.05, 3.63) is 28.7 Å². The van der Waals surface area contributed by atoms with Gasteiger partial charge in [0.25, 0.3) is 5.91 Å². The molecule has 7 nitrogen and oxygen atoms in total. The smallest absolute Gasteiger partial charge is 0.381 e. The Labute approximate surface area is 162 Å². The highest BCUT2D eigenvalue weighted by molar-refractivity contribution is 6.10. The molecule has 1 aliphatic heterocycles. The number of aromatic nitrogens is 1. The molecule has 1 fully saturated rings. The summed E-state index contributed by atoms with van der Waals surface area (Å²) in [4.78, 5) is 26.2. The van der Waals surface area contributed by atoms with Crippen molar-refractivity contribution in [3.8, 4) is 11.8 Å². The molecule has 0 unspecified atom stereocenters. The Bertz CT molecular complexity index is 971. The van der Waals surface area contributed by atoms with Crippen molar-refractivity contribution in [1.82, 2.24) is 4.98 Å². The molecule has 6 N–H and O–H groups in total. The van der Waals surface area contributed by atoms with E-state index in [0.717, 1.165) is 36.0 Å². The van der Waals surface area contributed by atoms with Crippen molar-refractivity contribution in [2.45, 2.75) is 39.7 Å². The third kappa shape index (κ3) is 4.43. The SMILES string of the molecule is CC#CC(=O)O.Cc1[nH]c2c(C(N)=O)cc(F)c(N3CCC[C@H](N)C3)c2c1C. The minimum Gasteiger partial charge on any atom is -0.472 e. The van der Waals surface area contributed by atoms with E-state index in [4.69, 9.17) is 16.6 Å². The Hall–Kier alpha value is -3.05. The highest BCUT2D eigenvalue weighted by Gasteiger charge is 2.26. The van der Waals surface area contributed by atoms with Crippen molar-refractivity contribution in [3.63, 3.8) is 0 Å². The van der Waals surface area contributed by atoms with Crippen molar-refractivity contribution in [1.29, 1.82) is 0 Å². The summed E-state index contributed by atoms with van der Waals surface area (Å²) >= 11 is 0. The van der Waals surface area contributed by atoms with Gasteiger partial charge in [-0.25, -0.2) is 9.18 Å². The molecule has 1 saturated heterocycles. The number of carbonyl (C=O) groups excluding carboxylic acids is 1. The molecule has 0 radical (unpaired) electrons. The summed E-state index contributed by atoms with van der Waals surface area (Å²) in [6, 6.07) is 1.27. The van der Waals surface area contributed by atoms with E-state index in [0.29, 0.717) is 17.7 Å². The molecule has 150 valence electrons. The van der Waals surface area contributed by atoms with E-state index < -0.39 is 17.7 Å². The Morgan fingerprint density at radius 3 is 2.57 bits per heavy atom. The predicted octanol–water partition coefficient (Wildman–Crippen LogP) is 2.04. The Morgan fingerprint density at radius 2 is 2.07 bits per heavy atom. The van der Waals surface area contributed by atoms with Crippen LogP contribution in [0.3, 0.4) is 0 Å². The van der Waals surface area contributed by atoms with E-state index in [1.165, 1.54) is 13.0 Å². The van der Waals surface area contributed by atoms with E-state index >= 15 is 0 Å². The van der Waals surface area contributed by atoms with Gasteiger partial charge in [-0.05, 0) is 45.2 Å². The minimum absolute atomic E-state index is 0.0411. The van der Waals surface area contributed by atoms with Crippen LogP contribution in [0.1, 0.15) is 41.4 Å². The number of hydrogen-bond acceptors (Lipinski definition) is 4. The molecular formula is C20H25FN4O3. The number of nitrogens with one attached hydrogen (secondary N) is 1. The molecule has 3 rings (SSSR count). The summed E-state index contributed by atoms with van der Waals surface area (Å²) in [5, 5.41) is 8.48. The van der Waals surface area contributed by atoms with Crippen LogP contribution in [-0.2, 0) is 4.79 Å². The normalized spacial score (nSPS) is 16.0. The summed E-state index contributed by atoms with van der Waals surface area (Å²) in [6.07, 6.45) is 1.88. The number of aliphatic carboxylic acids is 1. The average molecular weight is 388 g/mol. The maximum atomic E-state index is 14.7. The number of halogens is 1. The lowest BCUT2D eigenvalue weighted by Gasteiger charge is -2.33. The minimum atomic E-state index is -1.07. The van der Waals surface area contributed by atoms with Crippen molar-refractivity contribution < 1.29 is 19.1 Å². The zero-order valence-electron chi connectivity index (χ0n) is 16.2. The first kappa shape index (κ1) is 21.3. The molecule has 2 heterocycles. The average Bonchev–Trinajstić information content (AvgIpc) is 2.90. The van der Waals surface area contributed by atoms with Gasteiger partial charge < -0.3 is 26.5 Å². The van der Waals surface area contributed by atoms with Crippen LogP contribution < -0.4 is 16.4 Å². The van der Waals surface area contributed by atoms with Crippen LogP contribution in [0, 0.1) is 31.5 Å². The topological polar surface area (TPSA) is 125 Å². The van der Waals surface area contributed by atoms with Gasteiger partial charge >= 0.3 is 5.97 Å². The summed E-state index contributed by atoms with van der Waals surface area (Å²) < 4.78 is 14.7. The molecule has 8 heteroatoms. The van der Waals surface area contributed by atoms with Crippen LogP contribution >= 0.6 is 0 Å². The maximum Gasteiger partial charge on any atom is 0.381 e. The highest BCUT2D eigenvalue weighted by atomic mass is 19.1. The molecule has 1 aromatic carbocycles. The Kier molecular flexibility index (Phi) is 6.65. The number of carboxylic acid groups (broad SMARTS) is 1. The number of hydrogen-bond donors (Lipinski definition) is 4. The van der Waals surface area contributed by atoms with Crippen molar-refractivity contribution >= 4 is 28.5 Å². The van der Waals surface area contributed by atoms with Gasteiger partial charge in [0.1, 0.15) is 5.82 Å². The van der Waals surface area contributed by atoms with Gasteiger partial charge in [-0.1, -0.05) is 5.92 Å². The van der Waals surface area contributed by atoms with E-state index in [9.17, 15) is 14.0 Å². The van der Waals surface area contributed by atoms with Gasteiger partial charge in [-0.3, -0.25) is 4.79 Å². The molecular weight excluding hydrogens is 363 g/mol. The molecule has 0 saturated carbocycles. The zero-order valence-corrected chi connectivity index (χ0v) is 16.2. The number of fused-ring (bicyclic) bond motifs is 1. The number of benzene rings is 1. The number of primary amides is 1. The van der Waals surface area contributed by atoms with E-state index in [1.54, 1.807) is 0 Å². The van der Waals surface area contributed by atoms with Gasteiger partial charge in [0, 0.05) is 36.1 Å². The molecule has 0 spiro atoms. The number of carboxylic acids is 1. The van der Waals surface area contributed by atoms with Crippen LogP contribution in [0.15, 0.2) is 6.07 Å². The first-order chi connectivity index (χ1) is 13.2. The molecule has 1 amide bonds. The Morgan fingerprint density at radius 1 is 1.39 bits per heavy atom. The molecule has 0 bridgehead atoms. The largest absolute Gasteiger partial charge is 0.472 e. The molecule has 1 aliphatic rings. The van der Waals surface area contributed by atoms with Gasteiger partial charge in [0.2, 0.25) is 0 Å². The number of aromatic amines is 1. The number of anilines is 1. The second kappa shape index (κ2) is 8.76. The lowest BCUT2D eigenvalue weighted by atomic mass is 10.0. The number of piperidine rings is 1. The first-order valence-electron chi connectivity index (χ1n) is 8.94. The number of amides is 1. The second-order valence-electron chi connectivity index (χ2n) is 6.77. The summed E-state index contributed by atoms with van der Waals surface area (Å²) in [6.45, 7) is 6.69. The van der Waals surface area contributed by atoms with Crippen LogP contribution in [0.2, 0.25) is 0 Å². The van der Waals surface area contributed by atoms with Gasteiger partial charge in [0.15, 0.2) is 0 Å². The quantitative estimate of drug-likeness (QED) is 0.586. The molecule has 1 atom stereocenters. The third-order valence-corrected chi connectivity index (χ3v) is 4.77. The fraction of sp³-hybridized carbons (Fsp3) is 0.400. The van der Waals surface area contributed by atoms with E-state index in [-0.39, 0.29) is 11.6 Å². The van der Waals surface area contributed by atoms with Gasteiger partial charge in [-0.2, -0.15) is 0 Å². The van der Waals surface area contributed by atoms with Crippen LogP contribution in [0.25, 0.3) is 10.9 Å². The van der Waals surface area contributed by atoms with E-state index in [2.05, 4.69) is 10.9 Å². The number of nitrogens with zero attached hydrogens (tertiary/aromatic N) is 1. The zero-order chi connectivity index (χ0) is 21.0. The summed E-state index contributed by atoms with van der Waals surface area (Å²) in [5.74, 6) is 1.97. The van der Waals surface area contributed by atoms with Crippen LogP contribution in [-0.4, -0.2) is 41.1 Å². The fourth-order valence-corrected chi connectivity index (χ4v) is 3.43. The number of nitrogens with two attached hydrogens (primary N) is 2. The summed E-state index contributed by atoms with van der Waals surface area (Å²) in [5.41, 5.74) is 14.6. The first-order valence-corrected chi connectivity index (χ1v) is 8.94. The monoisotopic (exact) mass is 388 g/mol. The van der Waals surface area contributed by atoms with Crippen molar-refractivity contribution in [2.24, 2.45) is 11.5 Å². The Balaban J connectivity index is 0.000000409. The fourth-order valence-electron chi connectivity index (χ4n) is 3.43. The highest BCUT2D eigenvalue weighted by Crippen LogP contribution is 2.37. The number of aryl methyl sites for hydroxylation is 2. The molecule has 2 aromatic rings. The van der Waals surface area contributed by atoms with Gasteiger partial charge in [-0.15, -0.1) is 0 Å². The lowest BCUT2D eigenvalue weighted by molar-refractivity contribution is -0.130. The number of rotatable bonds is 2. The maximum absolute atomic E-state index is 14.7. The lowest BCUT2D eigenvalue weighted by Crippen LogP contribution is -2.43. The van der Waals surface area contributed by atoms with E-state index in [1.807, 2.05) is 24.7 Å². The van der Waals surface area contributed by atoms with Gasteiger partial charge in [0.05, 0.1) is 16.8 Å². The molecule has 0 aliphatic carbocycles. The molecule has 1 aromatic heterocycles. The third-order valence-electron chi connectivity index (χ3n) is 4.77. The number of H-pyrrole nitrogens is 1. The predicted molar refractivity (Wildman–Crippen MR) is 107 cm³/mol.